The Morgan fingerprint density at radius 3 is 2.12 bits per heavy atom. The lowest BCUT2D eigenvalue weighted by atomic mass is 9.70. The number of hydrogen-bond acceptors (Lipinski definition) is 1. The third-order valence-corrected chi connectivity index (χ3v) is 2.32. The van der Waals surface area contributed by atoms with Crippen molar-refractivity contribution in [3.8, 4) is 0 Å². The maximum atomic E-state index is 12.6. The van der Waals surface area contributed by atoms with E-state index >= 15 is 0 Å². The smallest absolute Gasteiger partial charge is 0.108 e. The van der Waals surface area contributed by atoms with E-state index in [0.29, 0.717) is 11.8 Å². The highest BCUT2D eigenvalue weighted by atomic mass is 19.1. The number of rotatable bonds is 0. The summed E-state index contributed by atoms with van der Waals surface area (Å²) in [4.78, 5) is 0. The SMILES string of the molecule is FC1C2CNCC1C2. The van der Waals surface area contributed by atoms with Crippen molar-refractivity contribution in [3.05, 3.63) is 0 Å². The summed E-state index contributed by atoms with van der Waals surface area (Å²) < 4.78 is 12.6. The van der Waals surface area contributed by atoms with Gasteiger partial charge in [0.05, 0.1) is 0 Å². The molecule has 2 saturated heterocycles. The molecular formula is C6H10FN. The molecule has 46 valence electrons. The van der Waals surface area contributed by atoms with Gasteiger partial charge >= 0.3 is 0 Å². The highest BCUT2D eigenvalue weighted by molar-refractivity contribution is 4.95. The first-order chi connectivity index (χ1) is 3.88. The van der Waals surface area contributed by atoms with Crippen LogP contribution in [-0.4, -0.2) is 19.3 Å². The summed E-state index contributed by atoms with van der Waals surface area (Å²) in [5.74, 6) is 0.738. The van der Waals surface area contributed by atoms with Gasteiger partial charge in [-0.1, -0.05) is 0 Å². The van der Waals surface area contributed by atoms with E-state index in [1.165, 1.54) is 0 Å². The average molecular weight is 115 g/mol. The van der Waals surface area contributed by atoms with Crippen LogP contribution in [0.5, 0.6) is 0 Å². The zero-order chi connectivity index (χ0) is 5.56. The first-order valence-electron chi connectivity index (χ1n) is 3.22. The lowest BCUT2D eigenvalue weighted by Gasteiger charge is -2.44. The molecule has 3 fully saturated rings. The first kappa shape index (κ1) is 4.74. The van der Waals surface area contributed by atoms with Crippen molar-refractivity contribution in [1.82, 2.24) is 5.32 Å². The Hall–Kier alpha value is -0.110. The van der Waals surface area contributed by atoms with Gasteiger partial charge in [-0.3, -0.25) is 0 Å². The fraction of sp³-hybridized carbons (Fsp3) is 1.00. The number of nitrogens with one attached hydrogen (secondary N) is 1. The normalized spacial score (nSPS) is 52.9. The lowest BCUT2D eigenvalue weighted by molar-refractivity contribution is -0.000608. The van der Waals surface area contributed by atoms with Crippen molar-refractivity contribution in [2.75, 3.05) is 13.1 Å². The molecule has 8 heavy (non-hydrogen) atoms. The van der Waals surface area contributed by atoms with Crippen LogP contribution in [0.25, 0.3) is 0 Å². The number of hydrogen-bond donors (Lipinski definition) is 1. The van der Waals surface area contributed by atoms with Gasteiger partial charge in [-0.15, -0.1) is 0 Å². The number of fused-ring (bicyclic) bond motifs is 2. The predicted molar refractivity (Wildman–Crippen MR) is 29.4 cm³/mol. The molecule has 3 rings (SSSR count). The molecule has 2 aliphatic heterocycles. The van der Waals surface area contributed by atoms with Gasteiger partial charge in [0.25, 0.3) is 0 Å². The monoisotopic (exact) mass is 115 g/mol. The molecule has 2 unspecified atom stereocenters. The highest BCUT2D eigenvalue weighted by Crippen LogP contribution is 2.38. The predicted octanol–water partition coefficient (Wildman–Crippen LogP) is 0.564. The fourth-order valence-electron chi connectivity index (χ4n) is 1.68. The van der Waals surface area contributed by atoms with Crippen LogP contribution in [0, 0.1) is 11.8 Å². The van der Waals surface area contributed by atoms with Crippen molar-refractivity contribution in [2.24, 2.45) is 11.8 Å². The molecule has 0 aromatic rings. The van der Waals surface area contributed by atoms with Gasteiger partial charge in [0.1, 0.15) is 6.17 Å². The Morgan fingerprint density at radius 1 is 1.25 bits per heavy atom. The Balaban J connectivity index is 2.03. The second-order valence-corrected chi connectivity index (χ2v) is 2.86. The fourth-order valence-corrected chi connectivity index (χ4v) is 1.68. The zero-order valence-electron chi connectivity index (χ0n) is 4.73. The molecule has 3 aliphatic rings. The lowest BCUT2D eigenvalue weighted by Crippen LogP contribution is -2.54. The molecule has 1 aliphatic carbocycles. The average Bonchev–Trinajstić information content (AvgIpc) is 1.89. The molecule has 2 atom stereocenters. The van der Waals surface area contributed by atoms with E-state index in [2.05, 4.69) is 5.32 Å². The molecule has 1 N–H and O–H groups in total. The third-order valence-electron chi connectivity index (χ3n) is 2.32. The molecule has 2 bridgehead atoms. The minimum Gasteiger partial charge on any atom is -0.316 e. The molecule has 0 radical (unpaired) electrons. The third kappa shape index (κ3) is 0.440. The molecule has 0 aromatic carbocycles. The van der Waals surface area contributed by atoms with Crippen molar-refractivity contribution in [3.63, 3.8) is 0 Å². The van der Waals surface area contributed by atoms with Crippen LogP contribution < -0.4 is 5.32 Å². The summed E-state index contributed by atoms with van der Waals surface area (Å²) in [6.07, 6.45) is 0.671. The molecule has 0 spiro atoms. The Kier molecular flexibility index (Phi) is 0.852. The van der Waals surface area contributed by atoms with Crippen LogP contribution in [0.15, 0.2) is 0 Å². The zero-order valence-corrected chi connectivity index (χ0v) is 4.73. The van der Waals surface area contributed by atoms with Gasteiger partial charge in [0.15, 0.2) is 0 Å². The maximum absolute atomic E-state index is 12.6. The number of alkyl halides is 1. The minimum atomic E-state index is -0.462. The van der Waals surface area contributed by atoms with Crippen molar-refractivity contribution < 1.29 is 4.39 Å². The van der Waals surface area contributed by atoms with E-state index in [1.807, 2.05) is 0 Å². The topological polar surface area (TPSA) is 12.0 Å². The van der Waals surface area contributed by atoms with Crippen LogP contribution >= 0.6 is 0 Å². The van der Waals surface area contributed by atoms with Crippen LogP contribution in [0.3, 0.4) is 0 Å². The van der Waals surface area contributed by atoms with E-state index in [0.717, 1.165) is 19.5 Å². The molecule has 2 heteroatoms. The molecule has 2 heterocycles. The highest BCUT2D eigenvalue weighted by Gasteiger charge is 2.43. The van der Waals surface area contributed by atoms with Gasteiger partial charge in [0, 0.05) is 24.9 Å². The summed E-state index contributed by atoms with van der Waals surface area (Å²) in [5.41, 5.74) is 0. The van der Waals surface area contributed by atoms with Crippen LogP contribution in [-0.2, 0) is 0 Å². The van der Waals surface area contributed by atoms with E-state index in [1.54, 1.807) is 0 Å². The molecular weight excluding hydrogens is 105 g/mol. The molecule has 1 nitrogen and oxygen atoms in total. The second kappa shape index (κ2) is 1.44. The summed E-state index contributed by atoms with van der Waals surface area (Å²) >= 11 is 0. The van der Waals surface area contributed by atoms with Gasteiger partial charge in [-0.2, -0.15) is 0 Å². The molecule has 1 saturated carbocycles. The summed E-state index contributed by atoms with van der Waals surface area (Å²) in [5, 5.41) is 3.17. The Bertz CT molecular complexity index is 90.7. The Labute approximate surface area is 48.3 Å². The van der Waals surface area contributed by atoms with Crippen LogP contribution in [0.4, 0.5) is 4.39 Å². The van der Waals surface area contributed by atoms with Crippen LogP contribution in [0.1, 0.15) is 6.42 Å². The minimum absolute atomic E-state index is 0.369. The van der Waals surface area contributed by atoms with Crippen molar-refractivity contribution in [1.29, 1.82) is 0 Å². The molecule has 0 aromatic heterocycles. The maximum Gasteiger partial charge on any atom is 0.108 e. The second-order valence-electron chi connectivity index (χ2n) is 2.86. The summed E-state index contributed by atoms with van der Waals surface area (Å²) in [7, 11) is 0. The summed E-state index contributed by atoms with van der Waals surface area (Å²) in [6.45, 7) is 1.83. The van der Waals surface area contributed by atoms with E-state index in [9.17, 15) is 4.39 Å². The summed E-state index contributed by atoms with van der Waals surface area (Å²) in [6, 6.07) is 0. The first-order valence-corrected chi connectivity index (χ1v) is 3.22. The van der Waals surface area contributed by atoms with E-state index < -0.39 is 6.17 Å². The van der Waals surface area contributed by atoms with Gasteiger partial charge in [-0.25, -0.2) is 4.39 Å². The number of piperidine rings is 2. The van der Waals surface area contributed by atoms with Gasteiger partial charge in [-0.05, 0) is 6.42 Å². The largest absolute Gasteiger partial charge is 0.316 e. The standard InChI is InChI=1S/C6H10FN/c7-6-4-1-5(6)3-8-2-4/h4-6,8H,1-3H2. The number of halogens is 1. The molecule has 0 amide bonds. The van der Waals surface area contributed by atoms with Crippen molar-refractivity contribution in [2.45, 2.75) is 12.6 Å². The van der Waals surface area contributed by atoms with Gasteiger partial charge < -0.3 is 5.32 Å². The Morgan fingerprint density at radius 2 is 1.88 bits per heavy atom. The van der Waals surface area contributed by atoms with E-state index in [-0.39, 0.29) is 0 Å². The van der Waals surface area contributed by atoms with Crippen molar-refractivity contribution >= 4 is 0 Å². The van der Waals surface area contributed by atoms with Crippen LogP contribution in [0.2, 0.25) is 0 Å². The van der Waals surface area contributed by atoms with E-state index in [4.69, 9.17) is 0 Å². The van der Waals surface area contributed by atoms with Gasteiger partial charge in [0.2, 0.25) is 0 Å². The quantitative estimate of drug-likeness (QED) is 0.486.